The molecule has 6 rings (SSSR count). The zero-order chi connectivity index (χ0) is 24.8. The second-order valence-electron chi connectivity index (χ2n) is 9.60. The number of pyridine rings is 1. The Kier molecular flexibility index (Phi) is 6.00. The van der Waals surface area contributed by atoms with E-state index in [2.05, 4.69) is 20.5 Å². The van der Waals surface area contributed by atoms with Gasteiger partial charge in [0.15, 0.2) is 11.5 Å². The van der Waals surface area contributed by atoms with E-state index in [-0.39, 0.29) is 17.2 Å². The minimum Gasteiger partial charge on any atom is -0.493 e. The van der Waals surface area contributed by atoms with Crippen molar-refractivity contribution in [3.63, 3.8) is 0 Å². The summed E-state index contributed by atoms with van der Waals surface area (Å²) in [5.74, 6) is 2.23. The number of methoxy groups -OCH3 is 2. The molecule has 9 nitrogen and oxygen atoms in total. The molecule has 3 atom stereocenters. The fourth-order valence-corrected chi connectivity index (χ4v) is 6.81. The molecule has 4 aliphatic heterocycles. The number of amides is 2. The van der Waals surface area contributed by atoms with Gasteiger partial charge < -0.3 is 29.9 Å². The number of hydrogen-bond acceptors (Lipinski definition) is 8. The largest absolute Gasteiger partial charge is 0.493 e. The first-order valence-electron chi connectivity index (χ1n) is 12.2. The highest BCUT2D eigenvalue weighted by Crippen LogP contribution is 2.42. The maximum absolute atomic E-state index is 13.2. The SMILES string of the molecule is COc1cc2c(cc1OC)C(=O)N(C1CC=C(C(=O)Nc3cnccc3N3CC4CNCC4C3)S1)C2. The molecule has 36 heavy (non-hydrogen) atoms. The number of rotatable bonds is 6. The fourth-order valence-electron chi connectivity index (χ4n) is 5.68. The van der Waals surface area contributed by atoms with Crippen LogP contribution in [0.2, 0.25) is 0 Å². The van der Waals surface area contributed by atoms with Gasteiger partial charge in [-0.25, -0.2) is 0 Å². The number of hydrogen-bond donors (Lipinski definition) is 2. The quantitative estimate of drug-likeness (QED) is 0.616. The van der Waals surface area contributed by atoms with E-state index >= 15 is 0 Å². The summed E-state index contributed by atoms with van der Waals surface area (Å²) < 4.78 is 10.8. The van der Waals surface area contributed by atoms with Gasteiger partial charge in [0.2, 0.25) is 0 Å². The summed E-state index contributed by atoms with van der Waals surface area (Å²) in [4.78, 5) is 35.4. The van der Waals surface area contributed by atoms with Crippen LogP contribution in [0.15, 0.2) is 41.6 Å². The molecular weight excluding hydrogens is 478 g/mol. The van der Waals surface area contributed by atoms with Gasteiger partial charge in [-0.2, -0.15) is 0 Å². The zero-order valence-corrected chi connectivity index (χ0v) is 21.1. The summed E-state index contributed by atoms with van der Waals surface area (Å²) in [5, 5.41) is 6.41. The number of fused-ring (bicyclic) bond motifs is 2. The predicted molar refractivity (Wildman–Crippen MR) is 138 cm³/mol. The third kappa shape index (κ3) is 3.98. The van der Waals surface area contributed by atoms with E-state index in [1.165, 1.54) is 11.8 Å². The predicted octanol–water partition coefficient (Wildman–Crippen LogP) is 2.70. The van der Waals surface area contributed by atoms with Crippen molar-refractivity contribution in [2.45, 2.75) is 18.3 Å². The third-order valence-electron chi connectivity index (χ3n) is 7.56. The van der Waals surface area contributed by atoms with Crippen molar-refractivity contribution in [2.24, 2.45) is 11.8 Å². The van der Waals surface area contributed by atoms with Crippen LogP contribution in [0.3, 0.4) is 0 Å². The van der Waals surface area contributed by atoms with Crippen LogP contribution in [-0.4, -0.2) is 67.5 Å². The molecule has 0 aliphatic carbocycles. The number of carbonyl (C=O) groups is 2. The lowest BCUT2D eigenvalue weighted by Gasteiger charge is -2.24. The van der Waals surface area contributed by atoms with Gasteiger partial charge in [0.25, 0.3) is 11.8 Å². The van der Waals surface area contributed by atoms with Crippen molar-refractivity contribution in [3.8, 4) is 11.5 Å². The average molecular weight is 508 g/mol. The molecule has 2 aromatic rings. The fraction of sp³-hybridized carbons (Fsp3) is 0.423. The highest BCUT2D eigenvalue weighted by Gasteiger charge is 2.39. The normalized spacial score (nSPS) is 24.6. The van der Waals surface area contributed by atoms with Crippen molar-refractivity contribution in [1.82, 2.24) is 15.2 Å². The lowest BCUT2D eigenvalue weighted by molar-refractivity contribution is -0.112. The van der Waals surface area contributed by atoms with Gasteiger partial charge in [-0.1, -0.05) is 17.8 Å². The molecule has 0 saturated carbocycles. The first-order chi connectivity index (χ1) is 17.6. The number of benzene rings is 1. The van der Waals surface area contributed by atoms with Crippen LogP contribution in [0, 0.1) is 11.8 Å². The molecule has 1 aromatic heterocycles. The second-order valence-corrected chi connectivity index (χ2v) is 10.8. The molecule has 1 aromatic carbocycles. The van der Waals surface area contributed by atoms with E-state index in [1.54, 1.807) is 32.7 Å². The molecule has 2 fully saturated rings. The van der Waals surface area contributed by atoms with Gasteiger partial charge in [-0.3, -0.25) is 14.6 Å². The molecule has 10 heteroatoms. The van der Waals surface area contributed by atoms with Crippen molar-refractivity contribution in [2.75, 3.05) is 50.6 Å². The number of aromatic nitrogens is 1. The molecule has 0 spiro atoms. The Labute approximate surface area is 214 Å². The standard InChI is InChI=1S/C26H29N5O4S/c1-34-21-7-15-14-31(26(33)18(15)8-22(21)35-2)24-4-3-23(36-24)25(32)29-19-11-27-6-5-20(19)30-12-16-9-28-10-17(16)13-30/h3,5-8,11,16-17,24,28H,4,9-10,12-14H2,1-2H3,(H,29,32). The monoisotopic (exact) mass is 507 g/mol. The van der Waals surface area contributed by atoms with Crippen molar-refractivity contribution in [3.05, 3.63) is 52.7 Å². The maximum Gasteiger partial charge on any atom is 0.261 e. The molecule has 188 valence electrons. The van der Waals surface area contributed by atoms with Gasteiger partial charge >= 0.3 is 0 Å². The number of carbonyl (C=O) groups excluding carboxylic acids is 2. The topological polar surface area (TPSA) is 96.0 Å². The highest BCUT2D eigenvalue weighted by atomic mass is 32.2. The molecular formula is C26H29N5O4S. The molecule has 4 aliphatic rings. The molecule has 0 radical (unpaired) electrons. The number of nitrogens with zero attached hydrogens (tertiary/aromatic N) is 3. The van der Waals surface area contributed by atoms with E-state index in [4.69, 9.17) is 9.47 Å². The van der Waals surface area contributed by atoms with Crippen molar-refractivity contribution in [1.29, 1.82) is 0 Å². The number of nitrogens with one attached hydrogen (secondary N) is 2. The van der Waals surface area contributed by atoms with E-state index in [9.17, 15) is 9.59 Å². The molecule has 2 N–H and O–H groups in total. The van der Waals surface area contributed by atoms with Gasteiger partial charge in [0, 0.05) is 44.5 Å². The van der Waals surface area contributed by atoms with Crippen molar-refractivity contribution >= 4 is 35.0 Å². The van der Waals surface area contributed by atoms with E-state index in [1.807, 2.05) is 23.1 Å². The van der Waals surface area contributed by atoms with Crippen LogP contribution in [0.25, 0.3) is 0 Å². The average Bonchev–Trinajstić information content (AvgIpc) is 3.67. The first-order valence-corrected chi connectivity index (χ1v) is 13.1. The second kappa shape index (κ2) is 9.33. The van der Waals surface area contributed by atoms with Gasteiger partial charge in [0.1, 0.15) is 0 Å². The van der Waals surface area contributed by atoms with Crippen LogP contribution in [0.5, 0.6) is 11.5 Å². The minimum atomic E-state index is -0.162. The zero-order valence-electron chi connectivity index (χ0n) is 20.3. The molecule has 3 unspecified atom stereocenters. The highest BCUT2D eigenvalue weighted by molar-refractivity contribution is 8.04. The molecule has 2 saturated heterocycles. The Morgan fingerprint density at radius 2 is 1.92 bits per heavy atom. The number of ether oxygens (including phenoxy) is 2. The van der Waals surface area contributed by atoms with Crippen molar-refractivity contribution < 1.29 is 19.1 Å². The van der Waals surface area contributed by atoms with Crippen LogP contribution in [-0.2, 0) is 11.3 Å². The summed E-state index contributed by atoms with van der Waals surface area (Å²) in [7, 11) is 3.14. The summed E-state index contributed by atoms with van der Waals surface area (Å²) in [5.41, 5.74) is 3.27. The minimum absolute atomic E-state index is 0.0536. The van der Waals surface area contributed by atoms with Gasteiger partial charge in [0.05, 0.1) is 42.1 Å². The van der Waals surface area contributed by atoms with Crippen LogP contribution < -0.4 is 25.0 Å². The van der Waals surface area contributed by atoms with Crippen LogP contribution >= 0.6 is 11.8 Å². The molecule has 0 bridgehead atoms. The smallest absolute Gasteiger partial charge is 0.261 e. The Morgan fingerprint density at radius 1 is 1.17 bits per heavy atom. The lowest BCUT2D eigenvalue weighted by atomic mass is 10.0. The van der Waals surface area contributed by atoms with E-state index in [0.29, 0.717) is 46.8 Å². The Morgan fingerprint density at radius 3 is 2.67 bits per heavy atom. The first kappa shape index (κ1) is 23.2. The Bertz CT molecular complexity index is 1240. The van der Waals surface area contributed by atoms with E-state index < -0.39 is 0 Å². The number of anilines is 2. The maximum atomic E-state index is 13.2. The van der Waals surface area contributed by atoms with Crippen LogP contribution in [0.4, 0.5) is 11.4 Å². The molecule has 2 amide bonds. The Balaban J connectivity index is 1.12. The van der Waals surface area contributed by atoms with Crippen LogP contribution in [0.1, 0.15) is 22.3 Å². The van der Waals surface area contributed by atoms with Gasteiger partial charge in [-0.05, 0) is 42.0 Å². The van der Waals surface area contributed by atoms with Gasteiger partial charge in [-0.15, -0.1) is 0 Å². The number of thioether (sulfide) groups is 1. The lowest BCUT2D eigenvalue weighted by Crippen LogP contribution is -2.32. The van der Waals surface area contributed by atoms with E-state index in [0.717, 1.165) is 43.1 Å². The molecule has 5 heterocycles. The summed E-state index contributed by atoms with van der Waals surface area (Å²) >= 11 is 1.43. The third-order valence-corrected chi connectivity index (χ3v) is 8.88. The Hall–Kier alpha value is -3.24. The summed E-state index contributed by atoms with van der Waals surface area (Å²) in [6.07, 6.45) is 6.03. The summed E-state index contributed by atoms with van der Waals surface area (Å²) in [6, 6.07) is 5.58. The summed E-state index contributed by atoms with van der Waals surface area (Å²) in [6.45, 7) is 4.55.